The normalized spacial score (nSPS) is 14.4. The van der Waals surface area contributed by atoms with E-state index in [0.29, 0.717) is 0 Å². The lowest BCUT2D eigenvalue weighted by atomic mass is 9.67. The molecular weight excluding hydrogens is 823 g/mol. The van der Waals surface area contributed by atoms with E-state index in [1.165, 1.54) is 88.7 Å². The van der Waals surface area contributed by atoms with Crippen LogP contribution in [0.1, 0.15) is 99.9 Å². The number of benzene rings is 9. The van der Waals surface area contributed by atoms with Gasteiger partial charge in [0.05, 0.1) is 11.1 Å². The van der Waals surface area contributed by atoms with Crippen LogP contribution in [0.5, 0.6) is 0 Å². The van der Waals surface area contributed by atoms with E-state index >= 15 is 0 Å². The second-order valence-corrected chi connectivity index (χ2v) is 21.7. The highest BCUT2D eigenvalue weighted by atomic mass is 16.3. The molecule has 0 saturated heterocycles. The minimum atomic E-state index is -0.536. The maximum atomic E-state index is 7.08. The quantitative estimate of drug-likeness (QED) is 0.165. The molecule has 0 atom stereocenters. The lowest BCUT2D eigenvalue weighted by Gasteiger charge is -2.35. The standard InChI is InChI=1S/C66H57NO/c1-63(2,3)46-38-52-51-40-57-53(41-60(51)68-62(52)58(39-46)64(4,5)6)61-56(65(57,7)8)31-20-32-59(61)67(47-35-33-43(34-36-47)42-21-11-9-12-22-42)48-26-19-25-45(37-48)66(44-23-13-10-14-24-44)54-29-17-15-27-49(54)50-28-16-18-30-55(50)66/h9-41H,1-8H3. The average Bonchev–Trinajstić information content (AvgIpc) is 3.94. The fourth-order valence-electron chi connectivity index (χ4n) is 11.8. The highest BCUT2D eigenvalue weighted by Gasteiger charge is 2.46. The van der Waals surface area contributed by atoms with Crippen molar-refractivity contribution in [2.75, 3.05) is 4.90 Å². The van der Waals surface area contributed by atoms with E-state index in [1.54, 1.807) is 0 Å². The third kappa shape index (κ3) is 6.23. The van der Waals surface area contributed by atoms with Crippen LogP contribution in [0.15, 0.2) is 205 Å². The van der Waals surface area contributed by atoms with Crippen molar-refractivity contribution in [2.45, 2.75) is 77.0 Å². The topological polar surface area (TPSA) is 16.4 Å². The smallest absolute Gasteiger partial charge is 0.139 e. The number of hydrogen-bond acceptors (Lipinski definition) is 2. The summed E-state index contributed by atoms with van der Waals surface area (Å²) in [5.74, 6) is 0. The van der Waals surface area contributed by atoms with Crippen molar-refractivity contribution in [2.24, 2.45) is 0 Å². The first-order chi connectivity index (χ1) is 32.7. The number of fused-ring (bicyclic) bond motifs is 9. The Bertz CT molecular complexity index is 3550. The summed E-state index contributed by atoms with van der Waals surface area (Å²) in [6.07, 6.45) is 0. The zero-order chi connectivity index (χ0) is 46.7. The fraction of sp³-hybridized carbons (Fsp3) is 0.182. The van der Waals surface area contributed by atoms with Crippen LogP contribution in [0.4, 0.5) is 17.1 Å². The monoisotopic (exact) mass is 879 g/mol. The van der Waals surface area contributed by atoms with Gasteiger partial charge in [-0.25, -0.2) is 0 Å². The molecule has 0 unspecified atom stereocenters. The summed E-state index contributed by atoms with van der Waals surface area (Å²) < 4.78 is 7.08. The SMILES string of the molecule is CC(C)(C)c1cc(C(C)(C)C)c2oc3cc4c(cc3c2c1)C(C)(C)c1cccc(N(c2ccc(-c3ccccc3)cc2)c2cccc(C3(c5ccccc5)c5ccccc5-c5ccccc53)c2)c1-4. The molecule has 332 valence electrons. The minimum absolute atomic E-state index is 0.00967. The first-order valence-corrected chi connectivity index (χ1v) is 24.3. The average molecular weight is 880 g/mol. The van der Waals surface area contributed by atoms with E-state index in [4.69, 9.17) is 4.42 Å². The predicted molar refractivity (Wildman–Crippen MR) is 286 cm³/mol. The Hall–Kier alpha value is -7.42. The van der Waals surface area contributed by atoms with Gasteiger partial charge in [0.1, 0.15) is 11.2 Å². The summed E-state index contributed by atoms with van der Waals surface area (Å²) in [4.78, 5) is 2.50. The van der Waals surface area contributed by atoms with Gasteiger partial charge in [-0.2, -0.15) is 0 Å². The van der Waals surface area contributed by atoms with E-state index in [1.807, 2.05) is 0 Å². The molecule has 68 heavy (non-hydrogen) atoms. The van der Waals surface area contributed by atoms with Gasteiger partial charge in [0.15, 0.2) is 0 Å². The summed E-state index contributed by atoms with van der Waals surface area (Å²) in [7, 11) is 0. The molecular formula is C66H57NO. The summed E-state index contributed by atoms with van der Waals surface area (Å²) in [5, 5.41) is 2.38. The van der Waals surface area contributed by atoms with E-state index in [2.05, 4.69) is 260 Å². The van der Waals surface area contributed by atoms with Crippen LogP contribution in [0.25, 0.3) is 55.3 Å². The number of nitrogens with zero attached hydrogens (tertiary/aromatic N) is 1. The van der Waals surface area contributed by atoms with Crippen LogP contribution in [-0.4, -0.2) is 0 Å². The van der Waals surface area contributed by atoms with Gasteiger partial charge in [-0.05, 0) is 126 Å². The van der Waals surface area contributed by atoms with Crippen molar-refractivity contribution in [1.82, 2.24) is 0 Å². The molecule has 2 aliphatic rings. The Morgan fingerprint density at radius 2 is 1.01 bits per heavy atom. The number of hydrogen-bond donors (Lipinski definition) is 0. The molecule has 10 aromatic rings. The Morgan fingerprint density at radius 3 is 1.68 bits per heavy atom. The molecule has 1 aromatic heterocycles. The maximum Gasteiger partial charge on any atom is 0.139 e. The second kappa shape index (κ2) is 15.0. The van der Waals surface area contributed by atoms with Gasteiger partial charge in [-0.1, -0.05) is 207 Å². The number of furan rings is 1. The van der Waals surface area contributed by atoms with Crippen LogP contribution in [0.3, 0.4) is 0 Å². The van der Waals surface area contributed by atoms with Crippen LogP contribution in [0, 0.1) is 0 Å². The van der Waals surface area contributed by atoms with Crippen LogP contribution in [-0.2, 0) is 21.7 Å². The van der Waals surface area contributed by atoms with E-state index in [0.717, 1.165) is 28.2 Å². The van der Waals surface area contributed by atoms with E-state index in [-0.39, 0.29) is 16.2 Å². The molecule has 0 aliphatic heterocycles. The fourth-order valence-corrected chi connectivity index (χ4v) is 11.8. The van der Waals surface area contributed by atoms with Gasteiger partial charge < -0.3 is 9.32 Å². The number of rotatable bonds is 6. The molecule has 2 heteroatoms. The van der Waals surface area contributed by atoms with Crippen LogP contribution < -0.4 is 4.90 Å². The third-order valence-electron chi connectivity index (χ3n) is 15.2. The molecule has 0 N–H and O–H groups in total. The van der Waals surface area contributed by atoms with Gasteiger partial charge in [0.25, 0.3) is 0 Å². The van der Waals surface area contributed by atoms with Gasteiger partial charge in [0, 0.05) is 38.7 Å². The summed E-state index contributed by atoms with van der Waals surface area (Å²) >= 11 is 0. The molecule has 9 aromatic carbocycles. The van der Waals surface area contributed by atoms with E-state index < -0.39 is 5.41 Å². The molecule has 0 bridgehead atoms. The summed E-state index contributed by atoms with van der Waals surface area (Å²) in [5.41, 5.74) is 22.1. The molecule has 2 aliphatic carbocycles. The maximum absolute atomic E-state index is 7.08. The highest BCUT2D eigenvalue weighted by Crippen LogP contribution is 2.59. The van der Waals surface area contributed by atoms with Gasteiger partial charge in [0.2, 0.25) is 0 Å². The van der Waals surface area contributed by atoms with Crippen LogP contribution >= 0.6 is 0 Å². The Balaban J connectivity index is 1.11. The van der Waals surface area contributed by atoms with Crippen LogP contribution in [0.2, 0.25) is 0 Å². The Labute approximate surface area is 401 Å². The molecule has 0 radical (unpaired) electrons. The predicted octanol–water partition coefficient (Wildman–Crippen LogP) is 18.0. The summed E-state index contributed by atoms with van der Waals surface area (Å²) in [6.45, 7) is 18.6. The lowest BCUT2D eigenvalue weighted by Crippen LogP contribution is -2.28. The summed E-state index contributed by atoms with van der Waals surface area (Å²) in [6, 6.07) is 74.8. The molecule has 0 amide bonds. The molecule has 12 rings (SSSR count). The molecule has 2 nitrogen and oxygen atoms in total. The van der Waals surface area contributed by atoms with E-state index in [9.17, 15) is 0 Å². The second-order valence-electron chi connectivity index (χ2n) is 21.7. The first kappa shape index (κ1) is 42.0. The van der Waals surface area contributed by atoms with Gasteiger partial charge in [-0.3, -0.25) is 0 Å². The van der Waals surface area contributed by atoms with Gasteiger partial charge >= 0.3 is 0 Å². The van der Waals surface area contributed by atoms with Crippen molar-refractivity contribution in [3.63, 3.8) is 0 Å². The van der Waals surface area contributed by atoms with Gasteiger partial charge in [-0.15, -0.1) is 0 Å². The Morgan fingerprint density at radius 1 is 0.426 bits per heavy atom. The zero-order valence-corrected chi connectivity index (χ0v) is 40.4. The van der Waals surface area contributed by atoms with Crippen molar-refractivity contribution in [3.8, 4) is 33.4 Å². The molecule has 0 fully saturated rings. The lowest BCUT2D eigenvalue weighted by molar-refractivity contribution is 0.559. The molecule has 1 heterocycles. The minimum Gasteiger partial charge on any atom is -0.456 e. The first-order valence-electron chi connectivity index (χ1n) is 24.3. The largest absolute Gasteiger partial charge is 0.456 e. The van der Waals surface area contributed by atoms with Crippen molar-refractivity contribution in [1.29, 1.82) is 0 Å². The van der Waals surface area contributed by atoms with Crippen molar-refractivity contribution in [3.05, 3.63) is 245 Å². The molecule has 0 spiro atoms. The molecule has 0 saturated carbocycles. The zero-order valence-electron chi connectivity index (χ0n) is 40.4. The highest BCUT2D eigenvalue weighted by molar-refractivity contribution is 6.10. The van der Waals surface area contributed by atoms with Crippen molar-refractivity contribution < 1.29 is 4.42 Å². The Kier molecular flexibility index (Phi) is 9.29. The van der Waals surface area contributed by atoms with Crippen molar-refractivity contribution >= 4 is 39.0 Å². The number of anilines is 3. The third-order valence-corrected chi connectivity index (χ3v) is 15.2.